The maximum Gasteiger partial charge on any atom is 0.0431 e. The Hall–Kier alpha value is -1.02. The SMILES string of the molecule is [2H]C(CC)N(CC=C)C1CCc2c[nH]cc2C1. The summed E-state index contributed by atoms with van der Waals surface area (Å²) in [4.78, 5) is 5.47. The summed E-state index contributed by atoms with van der Waals surface area (Å²) in [6.45, 7) is 6.62. The van der Waals surface area contributed by atoms with E-state index in [1.54, 1.807) is 0 Å². The van der Waals surface area contributed by atoms with E-state index >= 15 is 0 Å². The highest BCUT2D eigenvalue weighted by Crippen LogP contribution is 2.24. The van der Waals surface area contributed by atoms with Gasteiger partial charge >= 0.3 is 0 Å². The van der Waals surface area contributed by atoms with Crippen LogP contribution >= 0.6 is 0 Å². The Balaban J connectivity index is 2.08. The first-order chi connectivity index (χ1) is 8.26. The van der Waals surface area contributed by atoms with Gasteiger partial charge in [0.05, 0.1) is 0 Å². The highest BCUT2D eigenvalue weighted by molar-refractivity contribution is 5.27. The molecule has 0 fully saturated rings. The second-order valence-electron chi connectivity index (χ2n) is 4.48. The molecule has 1 aromatic heterocycles. The summed E-state index contributed by atoms with van der Waals surface area (Å²) in [5.74, 6) is 0. The zero-order chi connectivity index (χ0) is 12.3. The maximum atomic E-state index is 8.13. The highest BCUT2D eigenvalue weighted by atomic mass is 15.1. The van der Waals surface area contributed by atoms with Crippen molar-refractivity contribution in [3.63, 3.8) is 0 Å². The van der Waals surface area contributed by atoms with Crippen molar-refractivity contribution in [2.45, 2.75) is 38.6 Å². The number of fused-ring (bicyclic) bond motifs is 1. The van der Waals surface area contributed by atoms with Crippen molar-refractivity contribution in [1.82, 2.24) is 9.88 Å². The van der Waals surface area contributed by atoms with Crippen LogP contribution in [0.5, 0.6) is 0 Å². The standard InChI is InChI=1S/C14H22N2/c1-3-7-16(8-4-2)14-6-5-12-10-15-11-13(12)9-14/h3,10-11,14-15H,1,4-9H2,2H3/i8D. The molecule has 1 aliphatic rings. The number of aromatic amines is 1. The monoisotopic (exact) mass is 219 g/mol. The predicted molar refractivity (Wildman–Crippen MR) is 68.7 cm³/mol. The summed E-state index contributed by atoms with van der Waals surface area (Å²) >= 11 is 0. The Bertz CT molecular complexity index is 372. The molecule has 1 heterocycles. The Labute approximate surface area is 99.8 Å². The van der Waals surface area contributed by atoms with Crippen LogP contribution in [-0.2, 0) is 12.8 Å². The third-order valence-corrected chi connectivity index (χ3v) is 3.36. The lowest BCUT2D eigenvalue weighted by molar-refractivity contribution is 0.199. The molecule has 0 aromatic carbocycles. The summed E-state index contributed by atoms with van der Waals surface area (Å²) in [7, 11) is 0. The van der Waals surface area contributed by atoms with Gasteiger partial charge in [0, 0.05) is 26.4 Å². The van der Waals surface area contributed by atoms with Gasteiger partial charge in [0.25, 0.3) is 0 Å². The first-order valence-electron chi connectivity index (χ1n) is 6.77. The maximum absolute atomic E-state index is 8.13. The lowest BCUT2D eigenvalue weighted by atomic mass is 9.90. The van der Waals surface area contributed by atoms with E-state index in [1.807, 2.05) is 6.08 Å². The van der Waals surface area contributed by atoms with Crippen LogP contribution in [-0.4, -0.2) is 29.0 Å². The molecule has 0 saturated carbocycles. The van der Waals surface area contributed by atoms with Gasteiger partial charge in [-0.2, -0.15) is 0 Å². The quantitative estimate of drug-likeness (QED) is 0.754. The zero-order valence-corrected chi connectivity index (χ0v) is 10.1. The van der Waals surface area contributed by atoms with Crippen molar-refractivity contribution in [2.24, 2.45) is 0 Å². The molecule has 1 N–H and O–H groups in total. The van der Waals surface area contributed by atoms with Gasteiger partial charge in [0.1, 0.15) is 0 Å². The number of rotatable bonds is 5. The minimum atomic E-state index is -0.0986. The van der Waals surface area contributed by atoms with Gasteiger partial charge in [-0.1, -0.05) is 13.0 Å². The predicted octanol–water partition coefficient (Wildman–Crippen LogP) is 2.77. The Morgan fingerprint density at radius 1 is 1.62 bits per heavy atom. The van der Waals surface area contributed by atoms with Crippen molar-refractivity contribution in [3.05, 3.63) is 36.2 Å². The van der Waals surface area contributed by atoms with Crippen LogP contribution in [0.2, 0.25) is 0 Å². The van der Waals surface area contributed by atoms with Crippen molar-refractivity contribution in [1.29, 1.82) is 0 Å². The number of hydrogen-bond acceptors (Lipinski definition) is 1. The molecule has 2 unspecified atom stereocenters. The molecule has 0 aliphatic heterocycles. The third kappa shape index (κ3) is 2.38. The minimum absolute atomic E-state index is 0.0986. The van der Waals surface area contributed by atoms with Crippen molar-refractivity contribution in [3.8, 4) is 0 Å². The summed E-state index contributed by atoms with van der Waals surface area (Å²) in [5.41, 5.74) is 2.89. The van der Waals surface area contributed by atoms with E-state index < -0.39 is 0 Å². The number of hydrogen-bond donors (Lipinski definition) is 1. The summed E-state index contributed by atoms with van der Waals surface area (Å²) < 4.78 is 8.13. The van der Waals surface area contributed by atoms with E-state index in [-0.39, 0.29) is 6.52 Å². The normalized spacial score (nSPS) is 22.6. The average molecular weight is 219 g/mol. The molecule has 88 valence electrons. The van der Waals surface area contributed by atoms with Gasteiger partial charge in [-0.05, 0) is 43.3 Å². The van der Waals surface area contributed by atoms with Gasteiger partial charge in [-0.3, -0.25) is 4.90 Å². The minimum Gasteiger partial charge on any atom is -0.367 e. The fourth-order valence-corrected chi connectivity index (χ4v) is 2.57. The van der Waals surface area contributed by atoms with Crippen LogP contribution in [0.25, 0.3) is 0 Å². The second-order valence-corrected chi connectivity index (χ2v) is 4.48. The molecule has 2 heteroatoms. The Morgan fingerprint density at radius 2 is 2.44 bits per heavy atom. The molecule has 0 amide bonds. The lowest BCUT2D eigenvalue weighted by Gasteiger charge is -2.33. The van der Waals surface area contributed by atoms with Crippen LogP contribution < -0.4 is 0 Å². The summed E-state index contributed by atoms with van der Waals surface area (Å²) in [5, 5.41) is 0. The number of aromatic nitrogens is 1. The molecule has 0 bridgehead atoms. The molecule has 1 aromatic rings. The van der Waals surface area contributed by atoms with Gasteiger partial charge in [0.2, 0.25) is 0 Å². The molecular formula is C14H22N2. The Kier molecular flexibility index (Phi) is 3.40. The van der Waals surface area contributed by atoms with Gasteiger partial charge in [0.15, 0.2) is 0 Å². The summed E-state index contributed by atoms with van der Waals surface area (Å²) in [6.07, 6.45) is 10.4. The number of H-pyrrole nitrogens is 1. The fraction of sp³-hybridized carbons (Fsp3) is 0.571. The molecular weight excluding hydrogens is 196 g/mol. The van der Waals surface area contributed by atoms with Crippen LogP contribution in [0.1, 0.15) is 32.3 Å². The van der Waals surface area contributed by atoms with Gasteiger partial charge in [-0.15, -0.1) is 6.58 Å². The van der Waals surface area contributed by atoms with Crippen LogP contribution in [0.3, 0.4) is 0 Å². The number of aryl methyl sites for hydroxylation is 1. The van der Waals surface area contributed by atoms with Crippen LogP contribution in [0.15, 0.2) is 25.0 Å². The first-order valence-corrected chi connectivity index (χ1v) is 6.19. The van der Waals surface area contributed by atoms with E-state index in [0.717, 1.165) is 32.2 Å². The topological polar surface area (TPSA) is 19.0 Å². The molecule has 0 saturated heterocycles. The smallest absolute Gasteiger partial charge is 0.0431 e. The number of nitrogens with zero attached hydrogens (tertiary/aromatic N) is 1. The Morgan fingerprint density at radius 3 is 3.19 bits per heavy atom. The lowest BCUT2D eigenvalue weighted by Crippen LogP contribution is -2.39. The van der Waals surface area contributed by atoms with E-state index in [0.29, 0.717) is 6.04 Å². The van der Waals surface area contributed by atoms with E-state index in [1.165, 1.54) is 11.1 Å². The molecule has 16 heavy (non-hydrogen) atoms. The molecule has 2 nitrogen and oxygen atoms in total. The van der Waals surface area contributed by atoms with Gasteiger partial charge in [-0.25, -0.2) is 0 Å². The summed E-state index contributed by atoms with van der Waals surface area (Å²) in [6, 6.07) is 0.499. The average Bonchev–Trinajstić information content (AvgIpc) is 2.82. The first kappa shape index (κ1) is 10.2. The van der Waals surface area contributed by atoms with E-state index in [4.69, 9.17) is 1.37 Å². The third-order valence-electron chi connectivity index (χ3n) is 3.36. The van der Waals surface area contributed by atoms with E-state index in [9.17, 15) is 0 Å². The van der Waals surface area contributed by atoms with Crippen LogP contribution in [0.4, 0.5) is 0 Å². The van der Waals surface area contributed by atoms with Crippen LogP contribution in [0, 0.1) is 0 Å². The van der Waals surface area contributed by atoms with Crippen molar-refractivity contribution in [2.75, 3.05) is 13.1 Å². The molecule has 2 rings (SSSR count). The van der Waals surface area contributed by atoms with E-state index in [2.05, 4.69) is 35.8 Å². The fourth-order valence-electron chi connectivity index (χ4n) is 2.57. The molecule has 0 spiro atoms. The molecule has 0 radical (unpaired) electrons. The molecule has 1 aliphatic carbocycles. The van der Waals surface area contributed by atoms with Crippen molar-refractivity contribution >= 4 is 0 Å². The zero-order valence-electron chi connectivity index (χ0n) is 11.1. The van der Waals surface area contributed by atoms with Crippen molar-refractivity contribution < 1.29 is 1.37 Å². The molecule has 2 atom stereocenters. The van der Waals surface area contributed by atoms with Gasteiger partial charge < -0.3 is 4.98 Å². The largest absolute Gasteiger partial charge is 0.367 e. The second kappa shape index (κ2) is 5.35. The number of nitrogens with one attached hydrogen (secondary N) is 1. The highest BCUT2D eigenvalue weighted by Gasteiger charge is 2.23.